The molecule has 31 heavy (non-hydrogen) atoms. The lowest BCUT2D eigenvalue weighted by Crippen LogP contribution is -2.28. The molecule has 2 aromatic carbocycles. The Bertz CT molecular complexity index is 1240. The van der Waals surface area contributed by atoms with Crippen molar-refractivity contribution >= 4 is 28.9 Å². The molecule has 1 saturated heterocycles. The van der Waals surface area contributed by atoms with E-state index in [1.807, 2.05) is 30.5 Å². The number of rotatable bonds is 4. The Morgan fingerprint density at radius 1 is 0.968 bits per heavy atom. The number of fused-ring (bicyclic) bond motifs is 6. The largest absolute Gasteiger partial charge is 0.342 e. The molecule has 2 aliphatic carbocycles. The zero-order valence-corrected chi connectivity index (χ0v) is 16.7. The zero-order valence-electron chi connectivity index (χ0n) is 16.7. The second-order valence-electron chi connectivity index (χ2n) is 8.59. The van der Waals surface area contributed by atoms with E-state index in [0.29, 0.717) is 6.54 Å². The lowest BCUT2D eigenvalue weighted by Gasteiger charge is -2.13. The van der Waals surface area contributed by atoms with Gasteiger partial charge in [0.15, 0.2) is 0 Å². The molecule has 1 aromatic heterocycles. The van der Waals surface area contributed by atoms with Gasteiger partial charge in [0, 0.05) is 29.2 Å². The summed E-state index contributed by atoms with van der Waals surface area (Å²) in [6.45, 7) is 0.579. The molecule has 3 aliphatic rings. The van der Waals surface area contributed by atoms with E-state index in [1.165, 1.54) is 12.1 Å². The summed E-state index contributed by atoms with van der Waals surface area (Å²) < 4.78 is 15.3. The average Bonchev–Trinajstić information content (AvgIpc) is 3.53. The van der Waals surface area contributed by atoms with Crippen LogP contribution in [0.15, 0.2) is 72.0 Å². The minimum Gasteiger partial charge on any atom is -0.342 e. The van der Waals surface area contributed by atoms with Crippen LogP contribution < -0.4 is 0 Å². The van der Waals surface area contributed by atoms with Crippen molar-refractivity contribution in [3.63, 3.8) is 0 Å². The number of aromatic nitrogens is 1. The van der Waals surface area contributed by atoms with Gasteiger partial charge in [0.25, 0.3) is 11.8 Å². The van der Waals surface area contributed by atoms with E-state index in [2.05, 4.69) is 21.8 Å². The summed E-state index contributed by atoms with van der Waals surface area (Å²) in [4.78, 5) is 25.7. The van der Waals surface area contributed by atoms with Crippen molar-refractivity contribution in [2.45, 2.75) is 13.0 Å². The van der Waals surface area contributed by atoms with Crippen LogP contribution >= 0.6 is 0 Å². The van der Waals surface area contributed by atoms with Gasteiger partial charge in [-0.15, -0.1) is 0 Å². The molecule has 2 bridgehead atoms. The number of hydrazone groups is 1. The lowest BCUT2D eigenvalue weighted by atomic mass is 9.85. The van der Waals surface area contributed by atoms with E-state index in [4.69, 9.17) is 0 Å². The smallest absolute Gasteiger partial charge is 0.254 e. The van der Waals surface area contributed by atoms with E-state index in [1.54, 1.807) is 18.3 Å². The first-order valence-electron chi connectivity index (χ1n) is 10.5. The summed E-state index contributed by atoms with van der Waals surface area (Å²) in [7, 11) is 0. The first kappa shape index (κ1) is 18.2. The zero-order chi connectivity index (χ0) is 21.1. The topological polar surface area (TPSA) is 54.7 Å². The van der Waals surface area contributed by atoms with Crippen molar-refractivity contribution in [1.29, 1.82) is 0 Å². The monoisotopic (exact) mass is 413 g/mol. The van der Waals surface area contributed by atoms with Crippen LogP contribution in [-0.4, -0.2) is 27.6 Å². The Hall–Kier alpha value is -3.54. The van der Waals surface area contributed by atoms with Gasteiger partial charge in [-0.25, -0.2) is 4.39 Å². The van der Waals surface area contributed by atoms with Crippen LogP contribution in [0, 0.1) is 29.5 Å². The maximum absolute atomic E-state index is 13.2. The molecule has 3 aromatic rings. The number of hydrogen-bond acceptors (Lipinski definition) is 3. The van der Waals surface area contributed by atoms with Crippen LogP contribution in [0.2, 0.25) is 0 Å². The maximum Gasteiger partial charge on any atom is 0.254 e. The Kier molecular flexibility index (Phi) is 3.96. The highest BCUT2D eigenvalue weighted by Crippen LogP contribution is 2.52. The minimum atomic E-state index is -0.262. The summed E-state index contributed by atoms with van der Waals surface area (Å²) in [6, 6.07) is 14.3. The van der Waals surface area contributed by atoms with Gasteiger partial charge >= 0.3 is 0 Å². The van der Waals surface area contributed by atoms with Crippen LogP contribution in [0.5, 0.6) is 0 Å². The van der Waals surface area contributed by atoms with E-state index in [0.717, 1.165) is 33.5 Å². The highest BCUT2D eigenvalue weighted by molar-refractivity contribution is 6.07. The van der Waals surface area contributed by atoms with Gasteiger partial charge in [0.1, 0.15) is 5.82 Å². The standard InChI is InChI=1S/C25H20FN3O2/c26-19-9-5-15(6-10-19)13-28-14-18(20-3-1-2-4-21(20)28)12-27-29-24(30)22-16-7-8-17(11-16)23(22)25(29)31/h1-10,12,14,16-17,22-23H,11,13H2/b27-12-/t16-,17-,22-,23-/m0/s1. The Labute approximate surface area is 178 Å². The fraction of sp³-hybridized carbons (Fsp3) is 0.240. The van der Waals surface area contributed by atoms with Crippen molar-refractivity contribution in [1.82, 2.24) is 9.58 Å². The molecule has 0 spiro atoms. The van der Waals surface area contributed by atoms with Gasteiger partial charge in [-0.3, -0.25) is 9.59 Å². The summed E-state index contributed by atoms with van der Waals surface area (Å²) in [5, 5.41) is 6.39. The van der Waals surface area contributed by atoms with Crippen LogP contribution in [0.25, 0.3) is 10.9 Å². The first-order chi connectivity index (χ1) is 15.1. The van der Waals surface area contributed by atoms with Crippen molar-refractivity contribution in [2.24, 2.45) is 28.8 Å². The highest BCUT2D eigenvalue weighted by atomic mass is 19.1. The molecular formula is C25H20FN3O2. The van der Waals surface area contributed by atoms with Crippen molar-refractivity contribution in [3.8, 4) is 0 Å². The summed E-state index contributed by atoms with van der Waals surface area (Å²) in [6.07, 6.45) is 8.62. The third-order valence-corrected chi connectivity index (χ3v) is 6.84. The molecule has 6 rings (SSSR count). The molecule has 2 fully saturated rings. The number of amides is 2. The number of carbonyl (C=O) groups is 2. The number of hydrogen-bond donors (Lipinski definition) is 0. The van der Waals surface area contributed by atoms with Crippen LogP contribution in [0.4, 0.5) is 4.39 Å². The van der Waals surface area contributed by atoms with Crippen molar-refractivity contribution in [3.05, 3.63) is 83.8 Å². The van der Waals surface area contributed by atoms with Gasteiger partial charge in [-0.05, 0) is 42.0 Å². The Morgan fingerprint density at radius 3 is 2.35 bits per heavy atom. The molecule has 154 valence electrons. The second-order valence-corrected chi connectivity index (χ2v) is 8.59. The quantitative estimate of drug-likeness (QED) is 0.369. The number of benzene rings is 2. The van der Waals surface area contributed by atoms with Gasteiger partial charge in [-0.1, -0.05) is 42.5 Å². The molecule has 4 atom stereocenters. The molecular weight excluding hydrogens is 393 g/mol. The van der Waals surface area contributed by atoms with E-state index >= 15 is 0 Å². The Balaban J connectivity index is 1.31. The molecule has 2 amide bonds. The SMILES string of the molecule is O=C1[C@@H]2[C@@H](C(=O)N1/N=C\c1cn(Cc3ccc(F)cc3)c3ccccc13)[C@H]1C=C[C@H]2C1. The van der Waals surface area contributed by atoms with E-state index < -0.39 is 0 Å². The third kappa shape index (κ3) is 2.78. The predicted molar refractivity (Wildman–Crippen MR) is 115 cm³/mol. The van der Waals surface area contributed by atoms with Gasteiger partial charge < -0.3 is 4.57 Å². The van der Waals surface area contributed by atoms with Crippen LogP contribution in [0.1, 0.15) is 17.5 Å². The third-order valence-electron chi connectivity index (χ3n) is 6.84. The molecule has 1 aliphatic heterocycles. The Morgan fingerprint density at radius 2 is 1.65 bits per heavy atom. The van der Waals surface area contributed by atoms with Gasteiger partial charge in [0.05, 0.1) is 18.1 Å². The molecule has 5 nitrogen and oxygen atoms in total. The van der Waals surface area contributed by atoms with Gasteiger partial charge in [-0.2, -0.15) is 10.1 Å². The number of carbonyl (C=O) groups excluding carboxylic acids is 2. The van der Waals surface area contributed by atoms with Gasteiger partial charge in [0.2, 0.25) is 0 Å². The summed E-state index contributed by atoms with van der Waals surface area (Å²) >= 11 is 0. The molecule has 0 unspecified atom stereocenters. The maximum atomic E-state index is 13.2. The van der Waals surface area contributed by atoms with Crippen LogP contribution in [0.3, 0.4) is 0 Å². The fourth-order valence-electron chi connectivity index (χ4n) is 5.42. The van der Waals surface area contributed by atoms with E-state index in [-0.39, 0.29) is 41.3 Å². The predicted octanol–water partition coefficient (Wildman–Crippen LogP) is 3.97. The molecule has 6 heteroatoms. The molecule has 1 saturated carbocycles. The summed E-state index contributed by atoms with van der Waals surface area (Å²) in [5.41, 5.74) is 2.81. The first-order valence-corrected chi connectivity index (χ1v) is 10.5. The molecule has 0 radical (unpaired) electrons. The van der Waals surface area contributed by atoms with E-state index in [9.17, 15) is 14.0 Å². The molecule has 2 heterocycles. The normalized spacial score (nSPS) is 26.7. The summed E-state index contributed by atoms with van der Waals surface area (Å²) in [5.74, 6) is -0.786. The second kappa shape index (κ2) is 6.74. The number of allylic oxidation sites excluding steroid dienone is 2. The lowest BCUT2D eigenvalue weighted by molar-refractivity contribution is -0.140. The van der Waals surface area contributed by atoms with Crippen LogP contribution in [-0.2, 0) is 16.1 Å². The number of para-hydroxylation sites is 1. The van der Waals surface area contributed by atoms with Crippen molar-refractivity contribution < 1.29 is 14.0 Å². The average molecular weight is 413 g/mol. The number of imide groups is 1. The fourth-order valence-corrected chi connectivity index (χ4v) is 5.42. The van der Waals surface area contributed by atoms with Crippen molar-refractivity contribution in [2.75, 3.05) is 0 Å². The highest BCUT2D eigenvalue weighted by Gasteiger charge is 2.59. The number of halogens is 1. The minimum absolute atomic E-state index is 0.171. The number of nitrogens with zero attached hydrogens (tertiary/aromatic N) is 3. The molecule has 0 N–H and O–H groups in total.